The largest absolute Gasteiger partial charge is 0.431 e. The summed E-state index contributed by atoms with van der Waals surface area (Å²) >= 11 is 0. The normalized spacial score (nSPS) is 12.8. The van der Waals surface area contributed by atoms with Crippen molar-refractivity contribution < 1.29 is 13.9 Å². The number of hydrogen-bond acceptors (Lipinski definition) is 2. The quantitative estimate of drug-likeness (QED) is 0.107. The molecule has 0 heterocycles. The van der Waals surface area contributed by atoms with Gasteiger partial charge in [-0.05, 0) is 44.9 Å². The Balaban J connectivity index is 3.38. The number of carbonyl (C=O) groups is 1. The van der Waals surface area contributed by atoms with Crippen LogP contribution in [0, 0.1) is 0 Å². The predicted molar refractivity (Wildman–Crippen MR) is 124 cm³/mol. The van der Waals surface area contributed by atoms with E-state index < -0.39 is 6.36 Å². The molecule has 29 heavy (non-hydrogen) atoms. The van der Waals surface area contributed by atoms with E-state index in [-0.39, 0.29) is 5.97 Å². The Kier molecular flexibility index (Phi) is 22.3. The van der Waals surface area contributed by atoms with E-state index in [1.807, 2.05) is 0 Å². The molecule has 0 rings (SSSR count). The monoisotopic (exact) mass is 410 g/mol. The number of halogens is 1. The molecule has 2 nitrogen and oxygen atoms in total. The molecule has 0 saturated carbocycles. The first-order valence-corrected chi connectivity index (χ1v) is 12.3. The van der Waals surface area contributed by atoms with Crippen LogP contribution in [0.25, 0.3) is 0 Å². The Bertz CT molecular complexity index is 404. The fourth-order valence-corrected chi connectivity index (χ4v) is 3.25. The van der Waals surface area contributed by atoms with E-state index >= 15 is 0 Å². The van der Waals surface area contributed by atoms with Gasteiger partial charge in [0.05, 0.1) is 0 Å². The molecule has 0 radical (unpaired) electrons. The first kappa shape index (κ1) is 27.9. The lowest BCUT2D eigenvalue weighted by atomic mass is 10.1. The summed E-state index contributed by atoms with van der Waals surface area (Å²) in [4.78, 5) is 11.6. The Morgan fingerprint density at radius 1 is 0.724 bits per heavy atom. The van der Waals surface area contributed by atoms with Crippen LogP contribution < -0.4 is 0 Å². The SMILES string of the molecule is CCCCC/C=C\C/C=C\CCCCCCCC(=O)OC(F)CCCCCCC. The van der Waals surface area contributed by atoms with Crippen molar-refractivity contribution >= 4 is 5.97 Å². The van der Waals surface area contributed by atoms with Gasteiger partial charge in [-0.25, -0.2) is 4.39 Å². The van der Waals surface area contributed by atoms with Gasteiger partial charge < -0.3 is 4.74 Å². The highest BCUT2D eigenvalue weighted by Crippen LogP contribution is 2.13. The van der Waals surface area contributed by atoms with Crippen LogP contribution in [0.2, 0.25) is 0 Å². The molecule has 3 heteroatoms. The molecule has 0 saturated heterocycles. The van der Waals surface area contributed by atoms with Crippen molar-refractivity contribution in [2.75, 3.05) is 0 Å². The molecule has 0 aliphatic heterocycles. The van der Waals surface area contributed by atoms with Gasteiger partial charge in [-0.2, -0.15) is 0 Å². The minimum absolute atomic E-state index is 0.345. The van der Waals surface area contributed by atoms with Crippen LogP contribution in [0.1, 0.15) is 129 Å². The Hall–Kier alpha value is -1.12. The zero-order chi connectivity index (χ0) is 21.4. The van der Waals surface area contributed by atoms with E-state index in [2.05, 4.69) is 38.2 Å². The molecule has 0 amide bonds. The molecule has 1 unspecified atom stereocenters. The van der Waals surface area contributed by atoms with Gasteiger partial charge in [-0.15, -0.1) is 0 Å². The smallest absolute Gasteiger partial charge is 0.308 e. The summed E-state index contributed by atoms with van der Waals surface area (Å²) in [5.74, 6) is -0.378. The number of alkyl halides is 1. The number of hydrogen-bond donors (Lipinski definition) is 0. The molecule has 0 fully saturated rings. The molecule has 0 N–H and O–H groups in total. The number of rotatable bonds is 21. The van der Waals surface area contributed by atoms with Gasteiger partial charge in [0.1, 0.15) is 0 Å². The first-order valence-electron chi connectivity index (χ1n) is 12.3. The second-order valence-electron chi connectivity index (χ2n) is 8.08. The third-order valence-electron chi connectivity index (χ3n) is 5.13. The molecule has 0 aromatic heterocycles. The van der Waals surface area contributed by atoms with Gasteiger partial charge in [0.25, 0.3) is 0 Å². The second-order valence-corrected chi connectivity index (χ2v) is 8.08. The van der Waals surface area contributed by atoms with Crippen LogP contribution in [-0.2, 0) is 9.53 Å². The van der Waals surface area contributed by atoms with Crippen LogP contribution in [-0.4, -0.2) is 12.3 Å². The van der Waals surface area contributed by atoms with Crippen molar-refractivity contribution in [1.82, 2.24) is 0 Å². The van der Waals surface area contributed by atoms with Crippen LogP contribution in [0.3, 0.4) is 0 Å². The minimum Gasteiger partial charge on any atom is -0.431 e. The van der Waals surface area contributed by atoms with Crippen molar-refractivity contribution in [2.45, 2.75) is 136 Å². The maximum absolute atomic E-state index is 13.6. The van der Waals surface area contributed by atoms with Crippen LogP contribution in [0.15, 0.2) is 24.3 Å². The van der Waals surface area contributed by atoms with E-state index in [1.165, 1.54) is 51.4 Å². The maximum Gasteiger partial charge on any atom is 0.308 e. The zero-order valence-corrected chi connectivity index (χ0v) is 19.3. The average molecular weight is 411 g/mol. The number of allylic oxidation sites excluding steroid dienone is 4. The summed E-state index contributed by atoms with van der Waals surface area (Å²) in [6.45, 7) is 4.39. The summed E-state index contributed by atoms with van der Waals surface area (Å²) in [5.41, 5.74) is 0. The van der Waals surface area contributed by atoms with Crippen molar-refractivity contribution in [3.63, 3.8) is 0 Å². The lowest BCUT2D eigenvalue weighted by Gasteiger charge is -2.10. The van der Waals surface area contributed by atoms with E-state index in [0.717, 1.165) is 51.4 Å². The fraction of sp³-hybridized carbons (Fsp3) is 0.808. The molecule has 0 aromatic rings. The van der Waals surface area contributed by atoms with Gasteiger partial charge in [0.15, 0.2) is 0 Å². The lowest BCUT2D eigenvalue weighted by Crippen LogP contribution is -2.13. The highest BCUT2D eigenvalue weighted by molar-refractivity contribution is 5.69. The lowest BCUT2D eigenvalue weighted by molar-refractivity contribution is -0.158. The number of carbonyl (C=O) groups excluding carboxylic acids is 1. The van der Waals surface area contributed by atoms with E-state index in [9.17, 15) is 9.18 Å². The third-order valence-corrected chi connectivity index (χ3v) is 5.13. The third kappa shape index (κ3) is 23.0. The summed E-state index contributed by atoms with van der Waals surface area (Å²) in [6.07, 6.45) is 26.4. The van der Waals surface area contributed by atoms with Crippen molar-refractivity contribution in [2.24, 2.45) is 0 Å². The Morgan fingerprint density at radius 2 is 1.24 bits per heavy atom. The number of ether oxygens (including phenoxy) is 1. The summed E-state index contributed by atoms with van der Waals surface area (Å²) in [6, 6.07) is 0. The van der Waals surface area contributed by atoms with Gasteiger partial charge in [0.2, 0.25) is 6.36 Å². The molecule has 1 atom stereocenters. The molecule has 0 aromatic carbocycles. The Labute approximate surface area is 180 Å². The van der Waals surface area contributed by atoms with E-state index in [0.29, 0.717) is 12.8 Å². The van der Waals surface area contributed by atoms with Gasteiger partial charge >= 0.3 is 5.97 Å². The molecule has 0 aliphatic rings. The van der Waals surface area contributed by atoms with Crippen molar-refractivity contribution in [1.29, 1.82) is 0 Å². The highest BCUT2D eigenvalue weighted by atomic mass is 19.1. The van der Waals surface area contributed by atoms with E-state index in [4.69, 9.17) is 4.74 Å². The predicted octanol–water partition coefficient (Wildman–Crippen LogP) is 9.00. The summed E-state index contributed by atoms with van der Waals surface area (Å²) in [7, 11) is 0. The molecule has 0 spiro atoms. The first-order chi connectivity index (χ1) is 14.2. The van der Waals surface area contributed by atoms with Gasteiger partial charge in [-0.3, -0.25) is 4.79 Å². The van der Waals surface area contributed by atoms with Crippen molar-refractivity contribution in [3.8, 4) is 0 Å². The molecular weight excluding hydrogens is 363 g/mol. The highest BCUT2D eigenvalue weighted by Gasteiger charge is 2.12. The number of unbranched alkanes of at least 4 members (excludes halogenated alkanes) is 12. The summed E-state index contributed by atoms with van der Waals surface area (Å²) < 4.78 is 18.5. The van der Waals surface area contributed by atoms with Crippen LogP contribution >= 0.6 is 0 Å². The molecule has 0 bridgehead atoms. The molecule has 0 aliphatic carbocycles. The minimum atomic E-state index is -1.41. The maximum atomic E-state index is 13.6. The molecular formula is C26H47FO2. The van der Waals surface area contributed by atoms with E-state index in [1.54, 1.807) is 0 Å². The molecule has 170 valence electrons. The van der Waals surface area contributed by atoms with Crippen molar-refractivity contribution in [3.05, 3.63) is 24.3 Å². The number of esters is 1. The topological polar surface area (TPSA) is 26.3 Å². The van der Waals surface area contributed by atoms with Crippen LogP contribution in [0.5, 0.6) is 0 Å². The van der Waals surface area contributed by atoms with Gasteiger partial charge in [0, 0.05) is 12.8 Å². The standard InChI is InChI=1S/C26H47FO2/c1-3-5-7-9-10-11-12-13-14-15-16-17-18-20-22-24-26(28)29-25(27)23-21-19-8-6-4-2/h10-11,13-14,25H,3-9,12,15-24H2,1-2H3/b11-10-,14-13-. The summed E-state index contributed by atoms with van der Waals surface area (Å²) in [5, 5.41) is 0. The average Bonchev–Trinajstić information content (AvgIpc) is 2.70. The Morgan fingerprint density at radius 3 is 1.93 bits per heavy atom. The fourth-order valence-electron chi connectivity index (χ4n) is 3.25. The van der Waals surface area contributed by atoms with Crippen LogP contribution in [0.4, 0.5) is 4.39 Å². The zero-order valence-electron chi connectivity index (χ0n) is 19.3. The van der Waals surface area contributed by atoms with Gasteiger partial charge in [-0.1, -0.05) is 95.9 Å². The second kappa shape index (κ2) is 23.2.